The molecule has 24 heavy (non-hydrogen) atoms. The van der Waals surface area contributed by atoms with Crippen LogP contribution < -0.4 is 0 Å². The Labute approximate surface area is 147 Å². The molecule has 0 fully saturated rings. The Morgan fingerprint density at radius 3 is 2.96 bits per heavy atom. The lowest BCUT2D eigenvalue weighted by atomic mass is 10.1. The van der Waals surface area contributed by atoms with Gasteiger partial charge in [0, 0.05) is 49.6 Å². The lowest BCUT2D eigenvalue weighted by Gasteiger charge is -2.28. The van der Waals surface area contributed by atoms with Gasteiger partial charge in [-0.25, -0.2) is 4.98 Å². The van der Waals surface area contributed by atoms with Crippen molar-refractivity contribution in [3.8, 4) is 0 Å². The summed E-state index contributed by atoms with van der Waals surface area (Å²) < 4.78 is 7.87. The van der Waals surface area contributed by atoms with Gasteiger partial charge in [-0.3, -0.25) is 4.90 Å². The van der Waals surface area contributed by atoms with E-state index >= 15 is 0 Å². The molecule has 3 heterocycles. The fraction of sp³-hybridized carbons (Fsp3) is 0.611. The van der Waals surface area contributed by atoms with Gasteiger partial charge in [0.25, 0.3) is 0 Å². The molecule has 6 heteroatoms. The van der Waals surface area contributed by atoms with Crippen molar-refractivity contribution in [2.45, 2.75) is 45.4 Å². The van der Waals surface area contributed by atoms with E-state index in [-0.39, 0.29) is 0 Å². The van der Waals surface area contributed by atoms with Crippen molar-refractivity contribution in [1.82, 2.24) is 14.5 Å². The van der Waals surface area contributed by atoms with E-state index in [1.54, 1.807) is 11.3 Å². The maximum Gasteiger partial charge on any atom is 0.111 e. The minimum atomic E-state index is -0.459. The van der Waals surface area contributed by atoms with Gasteiger partial charge in [-0.15, -0.1) is 11.3 Å². The Hall–Kier alpha value is -1.21. The monoisotopic (exact) mass is 349 g/mol. The van der Waals surface area contributed by atoms with Crippen LogP contribution in [-0.2, 0) is 31.4 Å². The number of nitrogens with zero attached hydrogens (tertiary/aromatic N) is 3. The molecule has 2 aromatic rings. The fourth-order valence-electron chi connectivity index (χ4n) is 3.32. The third kappa shape index (κ3) is 4.06. The van der Waals surface area contributed by atoms with E-state index in [4.69, 9.17) is 9.72 Å². The minimum absolute atomic E-state index is 0.376. The Bertz CT molecular complexity index is 652. The molecule has 1 N–H and O–H groups in total. The number of aliphatic hydroxyl groups excluding tert-OH is 1. The number of hydrogen-bond donors (Lipinski definition) is 1. The van der Waals surface area contributed by atoms with Crippen molar-refractivity contribution in [3.63, 3.8) is 0 Å². The Balaban J connectivity index is 1.49. The van der Waals surface area contributed by atoms with Gasteiger partial charge in [-0.05, 0) is 11.4 Å². The van der Waals surface area contributed by atoms with Crippen LogP contribution in [0.1, 0.15) is 41.9 Å². The maximum atomic E-state index is 10.2. The molecule has 3 rings (SSSR count). The zero-order valence-electron chi connectivity index (χ0n) is 14.7. The van der Waals surface area contributed by atoms with Crippen LogP contribution in [-0.4, -0.2) is 45.4 Å². The zero-order valence-corrected chi connectivity index (χ0v) is 15.6. The normalized spacial score (nSPS) is 16.5. The highest BCUT2D eigenvalue weighted by Gasteiger charge is 2.24. The second kappa shape index (κ2) is 7.78. The topological polar surface area (TPSA) is 50.5 Å². The van der Waals surface area contributed by atoms with Crippen molar-refractivity contribution < 1.29 is 9.84 Å². The largest absolute Gasteiger partial charge is 0.389 e. The van der Waals surface area contributed by atoms with Gasteiger partial charge in [0.05, 0.1) is 25.0 Å². The highest BCUT2D eigenvalue weighted by Crippen LogP contribution is 2.23. The number of β-amino-alcohol motifs (C(OH)–C–C–N with tert-alkyl or cyclic N) is 1. The van der Waals surface area contributed by atoms with Crippen LogP contribution in [0.2, 0.25) is 0 Å². The van der Waals surface area contributed by atoms with Gasteiger partial charge in [0.15, 0.2) is 0 Å². The van der Waals surface area contributed by atoms with Crippen LogP contribution in [0, 0.1) is 0 Å². The van der Waals surface area contributed by atoms with Crippen molar-refractivity contribution in [2.75, 3.05) is 19.7 Å². The summed E-state index contributed by atoms with van der Waals surface area (Å²) in [5, 5.41) is 12.3. The molecule has 0 saturated heterocycles. The molecule has 2 aromatic heterocycles. The van der Waals surface area contributed by atoms with Crippen molar-refractivity contribution in [2.24, 2.45) is 7.05 Å². The second-order valence-corrected chi connectivity index (χ2v) is 7.84. The molecule has 0 bridgehead atoms. The Morgan fingerprint density at radius 1 is 1.42 bits per heavy atom. The van der Waals surface area contributed by atoms with Crippen LogP contribution in [0.3, 0.4) is 0 Å². The summed E-state index contributed by atoms with van der Waals surface area (Å²) >= 11 is 1.68. The number of thiophene rings is 1. The molecule has 0 saturated carbocycles. The van der Waals surface area contributed by atoms with E-state index in [2.05, 4.69) is 36.4 Å². The minimum Gasteiger partial charge on any atom is -0.389 e. The molecule has 132 valence electrons. The van der Waals surface area contributed by atoms with Gasteiger partial charge < -0.3 is 14.4 Å². The number of ether oxygens (including phenoxy) is 1. The van der Waals surface area contributed by atoms with Crippen molar-refractivity contribution >= 4 is 11.3 Å². The third-order valence-electron chi connectivity index (χ3n) is 4.49. The second-order valence-electron chi connectivity index (χ2n) is 6.81. The molecule has 1 aliphatic rings. The lowest BCUT2D eigenvalue weighted by Crippen LogP contribution is -2.38. The average molecular weight is 350 g/mol. The van der Waals surface area contributed by atoms with Gasteiger partial charge in [-0.1, -0.05) is 19.9 Å². The first-order valence-corrected chi connectivity index (χ1v) is 9.47. The average Bonchev–Trinajstić information content (AvgIpc) is 3.15. The van der Waals surface area contributed by atoms with E-state index in [0.29, 0.717) is 25.7 Å². The molecule has 0 radical (unpaired) electrons. The third-order valence-corrected chi connectivity index (χ3v) is 5.34. The maximum absolute atomic E-state index is 10.2. The highest BCUT2D eigenvalue weighted by molar-refractivity contribution is 7.09. The zero-order chi connectivity index (χ0) is 17.1. The van der Waals surface area contributed by atoms with Crippen molar-refractivity contribution in [3.05, 3.63) is 39.6 Å². The summed E-state index contributed by atoms with van der Waals surface area (Å²) in [6.07, 6.45) is 0.536. The van der Waals surface area contributed by atoms with Crippen LogP contribution in [0.4, 0.5) is 0 Å². The van der Waals surface area contributed by atoms with Crippen molar-refractivity contribution in [1.29, 1.82) is 0 Å². The Kier molecular flexibility index (Phi) is 5.71. The lowest BCUT2D eigenvalue weighted by molar-refractivity contribution is 0.00820. The van der Waals surface area contributed by atoms with Gasteiger partial charge in [-0.2, -0.15) is 0 Å². The van der Waals surface area contributed by atoms with E-state index in [0.717, 1.165) is 25.3 Å². The van der Waals surface area contributed by atoms with Gasteiger partial charge in [0.2, 0.25) is 0 Å². The van der Waals surface area contributed by atoms with Crippen LogP contribution in [0.25, 0.3) is 0 Å². The summed E-state index contributed by atoms with van der Waals surface area (Å²) in [5.74, 6) is 1.59. The van der Waals surface area contributed by atoms with Gasteiger partial charge >= 0.3 is 0 Å². The number of hydrogen-bond acceptors (Lipinski definition) is 5. The van der Waals surface area contributed by atoms with Gasteiger partial charge in [0.1, 0.15) is 5.82 Å². The molecular formula is C18H27N3O2S. The SMILES string of the molecule is CC(C)c1nc2c(n1C)CCN(CC(O)COCc1cccs1)C2. The number of fused-ring (bicyclic) bond motifs is 1. The molecule has 1 aliphatic heterocycles. The van der Waals surface area contributed by atoms with Crippen LogP contribution >= 0.6 is 11.3 Å². The molecule has 5 nitrogen and oxygen atoms in total. The summed E-state index contributed by atoms with van der Waals surface area (Å²) in [4.78, 5) is 8.28. The quantitative estimate of drug-likeness (QED) is 0.835. The smallest absolute Gasteiger partial charge is 0.111 e. The molecule has 0 aliphatic carbocycles. The first kappa shape index (κ1) is 17.6. The predicted molar refractivity (Wildman–Crippen MR) is 96.3 cm³/mol. The van der Waals surface area contributed by atoms with E-state index in [9.17, 15) is 5.11 Å². The summed E-state index contributed by atoms with van der Waals surface area (Å²) in [5.41, 5.74) is 2.51. The first-order valence-electron chi connectivity index (χ1n) is 8.59. The standard InChI is InChI=1S/C18H27N3O2S/c1-13(2)18-19-16-10-21(7-6-17(16)20(18)3)9-14(22)11-23-12-15-5-4-8-24-15/h4-5,8,13-14,22H,6-7,9-12H2,1-3H3. The molecule has 1 unspecified atom stereocenters. The van der Waals surface area contributed by atoms with Crippen LogP contribution in [0.5, 0.6) is 0 Å². The highest BCUT2D eigenvalue weighted by atomic mass is 32.1. The predicted octanol–water partition coefficient (Wildman–Crippen LogP) is 2.54. The molecule has 0 spiro atoms. The number of aliphatic hydroxyl groups is 1. The molecule has 1 atom stereocenters. The molecular weight excluding hydrogens is 322 g/mol. The number of aromatic nitrogens is 2. The van der Waals surface area contributed by atoms with E-state index in [1.165, 1.54) is 16.3 Å². The van der Waals surface area contributed by atoms with Crippen LogP contribution in [0.15, 0.2) is 17.5 Å². The summed E-state index contributed by atoms with van der Waals surface area (Å²) in [6.45, 7) is 7.74. The molecule has 0 amide bonds. The van der Waals surface area contributed by atoms with E-state index in [1.807, 2.05) is 11.4 Å². The summed E-state index contributed by atoms with van der Waals surface area (Å²) in [7, 11) is 2.12. The molecule has 0 aromatic carbocycles. The van der Waals surface area contributed by atoms with E-state index < -0.39 is 6.10 Å². The summed E-state index contributed by atoms with van der Waals surface area (Å²) in [6, 6.07) is 4.07. The first-order chi connectivity index (χ1) is 11.5. The number of imidazole rings is 1. The number of rotatable bonds is 7. The fourth-order valence-corrected chi connectivity index (χ4v) is 3.96. The Morgan fingerprint density at radius 2 is 2.25 bits per heavy atom.